The number of hydrogen-bond donors (Lipinski definition) is 0. The van der Waals surface area contributed by atoms with Gasteiger partial charge < -0.3 is 0 Å². The van der Waals surface area contributed by atoms with Crippen LogP contribution in [0.4, 0.5) is 8.78 Å². The van der Waals surface area contributed by atoms with Crippen molar-refractivity contribution in [3.8, 4) is 27.8 Å². The van der Waals surface area contributed by atoms with Gasteiger partial charge in [-0.2, -0.15) is 0 Å². The van der Waals surface area contributed by atoms with Gasteiger partial charge in [-0.15, -0.1) is 21.5 Å². The standard InChI is InChI=1S/C23H15F2N5S2/c24-16-6-4-15(5-7-16)21-28-29-23(30(21)19-10-8-17(25)9-11-19)32-14-18-13-31-22(27-18)20-3-1-2-12-26-20/h1-13H,14H2. The minimum atomic E-state index is -0.330. The average Bonchev–Trinajstić information content (AvgIpc) is 3.47. The smallest absolute Gasteiger partial charge is 0.196 e. The third kappa shape index (κ3) is 4.30. The largest absolute Gasteiger partial charge is 0.270 e. The van der Waals surface area contributed by atoms with Crippen molar-refractivity contribution in [2.45, 2.75) is 10.9 Å². The predicted octanol–water partition coefficient (Wildman–Crippen LogP) is 6.02. The van der Waals surface area contributed by atoms with E-state index in [9.17, 15) is 8.78 Å². The highest BCUT2D eigenvalue weighted by molar-refractivity contribution is 7.98. The van der Waals surface area contributed by atoms with Crippen molar-refractivity contribution < 1.29 is 8.78 Å². The molecule has 9 heteroatoms. The molecule has 0 spiro atoms. The van der Waals surface area contributed by atoms with Crippen LogP contribution < -0.4 is 0 Å². The first-order chi connectivity index (χ1) is 15.7. The van der Waals surface area contributed by atoms with Crippen LogP contribution in [0.15, 0.2) is 83.5 Å². The minimum absolute atomic E-state index is 0.330. The van der Waals surface area contributed by atoms with E-state index in [1.54, 1.807) is 30.5 Å². The fourth-order valence-electron chi connectivity index (χ4n) is 3.09. The average molecular weight is 464 g/mol. The van der Waals surface area contributed by atoms with Gasteiger partial charge in [-0.05, 0) is 60.7 Å². The number of thioether (sulfide) groups is 1. The van der Waals surface area contributed by atoms with Crippen LogP contribution in [0.5, 0.6) is 0 Å². The molecular formula is C23H15F2N5S2. The normalized spacial score (nSPS) is 11.1. The highest BCUT2D eigenvalue weighted by Crippen LogP contribution is 2.31. The Morgan fingerprint density at radius 2 is 1.62 bits per heavy atom. The minimum Gasteiger partial charge on any atom is -0.270 e. The van der Waals surface area contributed by atoms with Crippen LogP contribution in [0, 0.1) is 11.6 Å². The molecule has 0 unspecified atom stereocenters. The van der Waals surface area contributed by atoms with Crippen molar-refractivity contribution >= 4 is 23.1 Å². The number of thiazole rings is 1. The number of halogens is 2. The summed E-state index contributed by atoms with van der Waals surface area (Å²) in [4.78, 5) is 9.01. The topological polar surface area (TPSA) is 56.5 Å². The molecule has 3 heterocycles. The molecule has 3 aromatic heterocycles. The summed E-state index contributed by atoms with van der Waals surface area (Å²) < 4.78 is 28.8. The van der Waals surface area contributed by atoms with E-state index in [2.05, 4.69) is 20.2 Å². The van der Waals surface area contributed by atoms with Gasteiger partial charge in [0.15, 0.2) is 11.0 Å². The van der Waals surface area contributed by atoms with Gasteiger partial charge in [0, 0.05) is 28.6 Å². The Kier molecular flexibility index (Phi) is 5.74. The van der Waals surface area contributed by atoms with Crippen LogP contribution in [-0.2, 0) is 5.75 Å². The van der Waals surface area contributed by atoms with Crippen molar-refractivity contribution in [2.24, 2.45) is 0 Å². The van der Waals surface area contributed by atoms with Crippen molar-refractivity contribution in [2.75, 3.05) is 0 Å². The second-order valence-electron chi connectivity index (χ2n) is 6.77. The summed E-state index contributed by atoms with van der Waals surface area (Å²) in [6.07, 6.45) is 1.74. The summed E-state index contributed by atoms with van der Waals surface area (Å²) in [5, 5.41) is 12.2. The highest BCUT2D eigenvalue weighted by Gasteiger charge is 2.17. The molecule has 0 atom stereocenters. The number of hydrogen-bond acceptors (Lipinski definition) is 6. The molecule has 5 nitrogen and oxygen atoms in total. The number of benzene rings is 2. The molecule has 5 rings (SSSR count). The third-order valence-corrected chi connectivity index (χ3v) is 6.48. The second-order valence-corrected chi connectivity index (χ2v) is 8.57. The maximum atomic E-state index is 13.5. The van der Waals surface area contributed by atoms with Gasteiger partial charge in [0.2, 0.25) is 0 Å². The lowest BCUT2D eigenvalue weighted by atomic mass is 10.2. The van der Waals surface area contributed by atoms with E-state index in [4.69, 9.17) is 0 Å². The van der Waals surface area contributed by atoms with Gasteiger partial charge in [0.25, 0.3) is 0 Å². The first kappa shape index (κ1) is 20.5. The van der Waals surface area contributed by atoms with E-state index in [-0.39, 0.29) is 11.6 Å². The van der Waals surface area contributed by atoms with Crippen LogP contribution in [0.1, 0.15) is 5.69 Å². The number of rotatable bonds is 6. The Morgan fingerprint density at radius 1 is 0.875 bits per heavy atom. The zero-order chi connectivity index (χ0) is 21.9. The van der Waals surface area contributed by atoms with Crippen LogP contribution in [0.2, 0.25) is 0 Å². The van der Waals surface area contributed by atoms with Crippen molar-refractivity contribution in [3.05, 3.63) is 95.6 Å². The SMILES string of the molecule is Fc1ccc(-c2nnc(SCc3csc(-c4ccccn4)n3)n2-c2ccc(F)cc2)cc1. The van der Waals surface area contributed by atoms with Crippen molar-refractivity contribution in [1.82, 2.24) is 24.7 Å². The predicted molar refractivity (Wildman–Crippen MR) is 122 cm³/mol. The molecule has 0 radical (unpaired) electrons. The molecule has 0 aliphatic heterocycles. The Balaban J connectivity index is 1.45. The lowest BCUT2D eigenvalue weighted by Crippen LogP contribution is -2.00. The van der Waals surface area contributed by atoms with Crippen LogP contribution in [0.25, 0.3) is 27.8 Å². The van der Waals surface area contributed by atoms with Crippen LogP contribution in [0.3, 0.4) is 0 Å². The maximum Gasteiger partial charge on any atom is 0.196 e. The van der Waals surface area contributed by atoms with E-state index < -0.39 is 0 Å². The van der Waals surface area contributed by atoms with Gasteiger partial charge >= 0.3 is 0 Å². The first-order valence-corrected chi connectivity index (χ1v) is 11.5. The van der Waals surface area contributed by atoms with E-state index in [0.717, 1.165) is 16.4 Å². The Morgan fingerprint density at radius 3 is 2.34 bits per heavy atom. The quantitative estimate of drug-likeness (QED) is 0.288. The summed E-state index contributed by atoms with van der Waals surface area (Å²) in [7, 11) is 0. The van der Waals surface area contributed by atoms with E-state index in [1.807, 2.05) is 28.1 Å². The van der Waals surface area contributed by atoms with Gasteiger partial charge in [0.05, 0.1) is 11.4 Å². The molecule has 0 aliphatic carbocycles. The molecule has 0 fully saturated rings. The summed E-state index contributed by atoms with van der Waals surface area (Å²) >= 11 is 3.01. The van der Waals surface area contributed by atoms with Gasteiger partial charge in [-0.3, -0.25) is 9.55 Å². The summed E-state index contributed by atoms with van der Waals surface area (Å²) in [6, 6.07) is 17.9. The maximum absolute atomic E-state index is 13.5. The molecule has 0 amide bonds. The molecule has 0 N–H and O–H groups in total. The van der Waals surface area contributed by atoms with Gasteiger partial charge in [0.1, 0.15) is 16.6 Å². The molecule has 0 aliphatic rings. The molecule has 158 valence electrons. The Labute approximate surface area is 190 Å². The second kappa shape index (κ2) is 8.97. The molecule has 0 saturated carbocycles. The lowest BCUT2D eigenvalue weighted by molar-refractivity contribution is 0.626. The summed E-state index contributed by atoms with van der Waals surface area (Å²) in [5.41, 5.74) is 3.16. The molecule has 0 saturated heterocycles. The fraction of sp³-hybridized carbons (Fsp3) is 0.0435. The molecule has 5 aromatic rings. The number of aromatic nitrogens is 5. The molecule has 2 aromatic carbocycles. The summed E-state index contributed by atoms with van der Waals surface area (Å²) in [6.45, 7) is 0. The number of pyridine rings is 1. The van der Waals surface area contributed by atoms with Crippen molar-refractivity contribution in [3.63, 3.8) is 0 Å². The summed E-state index contributed by atoms with van der Waals surface area (Å²) in [5.74, 6) is 0.463. The Hall–Kier alpha value is -3.43. The van der Waals surface area contributed by atoms with Crippen LogP contribution >= 0.6 is 23.1 Å². The third-order valence-electron chi connectivity index (χ3n) is 4.61. The zero-order valence-electron chi connectivity index (χ0n) is 16.5. The van der Waals surface area contributed by atoms with Gasteiger partial charge in [-0.25, -0.2) is 13.8 Å². The fourth-order valence-corrected chi connectivity index (χ4v) is 4.84. The van der Waals surface area contributed by atoms with Crippen molar-refractivity contribution in [1.29, 1.82) is 0 Å². The highest BCUT2D eigenvalue weighted by atomic mass is 32.2. The van der Waals surface area contributed by atoms with E-state index in [0.29, 0.717) is 28.0 Å². The van der Waals surface area contributed by atoms with Crippen LogP contribution in [-0.4, -0.2) is 24.7 Å². The van der Waals surface area contributed by atoms with E-state index in [1.165, 1.54) is 47.4 Å². The van der Waals surface area contributed by atoms with E-state index >= 15 is 0 Å². The van der Waals surface area contributed by atoms with Gasteiger partial charge in [-0.1, -0.05) is 17.8 Å². The first-order valence-electron chi connectivity index (χ1n) is 9.63. The monoisotopic (exact) mass is 463 g/mol. The molecule has 0 bridgehead atoms. The Bertz CT molecular complexity index is 1330. The molecule has 32 heavy (non-hydrogen) atoms. The molecular weight excluding hydrogens is 448 g/mol. The lowest BCUT2D eigenvalue weighted by Gasteiger charge is -2.10. The zero-order valence-corrected chi connectivity index (χ0v) is 18.2. The number of nitrogens with zero attached hydrogens (tertiary/aromatic N) is 5.